The average molecular weight is 278 g/mol. The second-order valence-electron chi connectivity index (χ2n) is 4.93. The monoisotopic (exact) mass is 278 g/mol. The first-order valence-corrected chi connectivity index (χ1v) is 6.84. The van der Waals surface area contributed by atoms with Gasteiger partial charge in [0.15, 0.2) is 0 Å². The Kier molecular flexibility index (Phi) is 4.94. The largest absolute Gasteiger partial charge is 0.462 e. The quantitative estimate of drug-likeness (QED) is 0.791. The number of carbonyl (C=O) groups excluding carboxylic acids is 1. The highest BCUT2D eigenvalue weighted by Crippen LogP contribution is 2.13. The molecule has 0 bridgehead atoms. The number of anilines is 1. The Hall–Kier alpha value is -1.63. The zero-order chi connectivity index (χ0) is 14.5. The lowest BCUT2D eigenvalue weighted by Gasteiger charge is -2.38. The van der Waals surface area contributed by atoms with Gasteiger partial charge in [0.05, 0.1) is 18.3 Å². The van der Waals surface area contributed by atoms with E-state index in [1.165, 1.54) is 0 Å². The van der Waals surface area contributed by atoms with Crippen molar-refractivity contribution in [3.05, 3.63) is 29.8 Å². The zero-order valence-corrected chi connectivity index (χ0v) is 12.0. The van der Waals surface area contributed by atoms with Crippen LogP contribution in [0.3, 0.4) is 0 Å². The van der Waals surface area contributed by atoms with Crippen LogP contribution >= 0.6 is 0 Å². The summed E-state index contributed by atoms with van der Waals surface area (Å²) in [5, 5.41) is 2.01. The van der Waals surface area contributed by atoms with E-state index in [-0.39, 0.29) is 12.1 Å². The highest BCUT2D eigenvalue weighted by Gasteiger charge is 2.21. The van der Waals surface area contributed by atoms with Gasteiger partial charge in [-0.2, -0.15) is 0 Å². The minimum absolute atomic E-state index is 0.0431. The van der Waals surface area contributed by atoms with Crippen LogP contribution in [0.4, 0.5) is 5.69 Å². The number of carbonyl (C=O) groups is 1. The van der Waals surface area contributed by atoms with Crippen molar-refractivity contribution in [3.63, 3.8) is 0 Å². The van der Waals surface area contributed by atoms with Crippen molar-refractivity contribution >= 4 is 11.7 Å². The van der Waals surface area contributed by atoms with Crippen LogP contribution in [-0.2, 0) is 4.74 Å². The van der Waals surface area contributed by atoms with Crippen LogP contribution < -0.4 is 11.2 Å². The number of nitrogens with two attached hydrogens (primary N) is 1. The Morgan fingerprint density at radius 1 is 1.40 bits per heavy atom. The summed E-state index contributed by atoms with van der Waals surface area (Å²) in [4.78, 5) is 13.8. The molecule has 1 aromatic rings. The fourth-order valence-electron chi connectivity index (χ4n) is 2.15. The first-order chi connectivity index (χ1) is 9.60. The van der Waals surface area contributed by atoms with Crippen LogP contribution in [-0.4, -0.2) is 55.3 Å². The van der Waals surface area contributed by atoms with E-state index in [9.17, 15) is 4.79 Å². The molecule has 0 aliphatic carbocycles. The summed E-state index contributed by atoms with van der Waals surface area (Å²) in [6.07, 6.45) is -0.0431. The topological polar surface area (TPSA) is 70.8 Å². The number of likely N-dealkylation sites (N-methyl/N-ethyl adjacent to an activating group) is 1. The molecular weight excluding hydrogens is 256 g/mol. The standard InChI is InChI=1S/C14H22N4O2/c1-3-20-14(19)11-4-6-12(7-5-11)16-18-9-8-17(2)10-13(18)15/h4-7,13,16H,3,8-10,15H2,1-2H3. The molecule has 2 rings (SSSR count). The molecule has 1 unspecified atom stereocenters. The van der Waals surface area contributed by atoms with Crippen LogP contribution in [0.25, 0.3) is 0 Å². The number of nitrogens with one attached hydrogen (secondary N) is 1. The van der Waals surface area contributed by atoms with E-state index < -0.39 is 0 Å². The summed E-state index contributed by atoms with van der Waals surface area (Å²) in [5.74, 6) is -0.296. The molecule has 0 aromatic heterocycles. The maximum absolute atomic E-state index is 11.6. The molecule has 0 saturated carbocycles. The van der Waals surface area contributed by atoms with Crippen molar-refractivity contribution in [2.45, 2.75) is 13.1 Å². The third-order valence-corrected chi connectivity index (χ3v) is 3.29. The summed E-state index contributed by atoms with van der Waals surface area (Å²) < 4.78 is 4.95. The number of esters is 1. The summed E-state index contributed by atoms with van der Waals surface area (Å²) in [7, 11) is 2.06. The first-order valence-electron chi connectivity index (χ1n) is 6.84. The van der Waals surface area contributed by atoms with Gasteiger partial charge < -0.3 is 20.8 Å². The van der Waals surface area contributed by atoms with Crippen LogP contribution in [0.5, 0.6) is 0 Å². The minimum Gasteiger partial charge on any atom is -0.462 e. The van der Waals surface area contributed by atoms with Gasteiger partial charge in [-0.05, 0) is 38.2 Å². The summed E-state index contributed by atoms with van der Waals surface area (Å²) in [6.45, 7) is 4.84. The van der Waals surface area contributed by atoms with Crippen molar-refractivity contribution in [2.75, 3.05) is 38.7 Å². The number of ether oxygens (including phenoxy) is 1. The second kappa shape index (κ2) is 6.69. The van der Waals surface area contributed by atoms with Crippen LogP contribution in [0, 0.1) is 0 Å². The molecule has 1 fully saturated rings. The Labute approximate surface area is 119 Å². The van der Waals surface area contributed by atoms with E-state index in [2.05, 4.69) is 17.4 Å². The van der Waals surface area contributed by atoms with Crippen LogP contribution in [0.1, 0.15) is 17.3 Å². The number of hydrogen-bond donors (Lipinski definition) is 2. The Balaban J connectivity index is 1.95. The number of hydrazine groups is 1. The van der Waals surface area contributed by atoms with Gasteiger partial charge in [-0.3, -0.25) is 0 Å². The van der Waals surface area contributed by atoms with Crippen molar-refractivity contribution < 1.29 is 9.53 Å². The van der Waals surface area contributed by atoms with Crippen molar-refractivity contribution in [3.8, 4) is 0 Å². The van der Waals surface area contributed by atoms with Crippen molar-refractivity contribution in [1.29, 1.82) is 0 Å². The lowest BCUT2D eigenvalue weighted by Crippen LogP contribution is -2.58. The molecule has 3 N–H and O–H groups in total. The fourth-order valence-corrected chi connectivity index (χ4v) is 2.15. The third-order valence-electron chi connectivity index (χ3n) is 3.29. The summed E-state index contributed by atoms with van der Waals surface area (Å²) in [6, 6.07) is 7.22. The van der Waals surface area contributed by atoms with E-state index in [0.29, 0.717) is 12.2 Å². The highest BCUT2D eigenvalue weighted by molar-refractivity contribution is 5.89. The molecule has 1 aliphatic rings. The maximum atomic E-state index is 11.6. The van der Waals surface area contributed by atoms with E-state index in [1.54, 1.807) is 19.1 Å². The fraction of sp³-hybridized carbons (Fsp3) is 0.500. The maximum Gasteiger partial charge on any atom is 0.338 e. The van der Waals surface area contributed by atoms with Gasteiger partial charge in [-0.25, -0.2) is 9.80 Å². The SMILES string of the molecule is CCOC(=O)c1ccc(NN2CCN(C)CC2N)cc1. The minimum atomic E-state index is -0.296. The predicted octanol–water partition coefficient (Wildman–Crippen LogP) is 0.722. The van der Waals surface area contributed by atoms with E-state index >= 15 is 0 Å². The molecule has 110 valence electrons. The zero-order valence-electron chi connectivity index (χ0n) is 12.0. The highest BCUT2D eigenvalue weighted by atomic mass is 16.5. The number of hydrogen-bond acceptors (Lipinski definition) is 6. The van der Waals surface area contributed by atoms with Gasteiger partial charge in [0.1, 0.15) is 0 Å². The molecule has 0 spiro atoms. The molecular formula is C14H22N4O2. The molecule has 0 radical (unpaired) electrons. The van der Waals surface area contributed by atoms with Gasteiger partial charge in [-0.1, -0.05) is 0 Å². The smallest absolute Gasteiger partial charge is 0.338 e. The molecule has 6 nitrogen and oxygen atoms in total. The molecule has 6 heteroatoms. The Morgan fingerprint density at radius 2 is 2.10 bits per heavy atom. The number of nitrogens with zero attached hydrogens (tertiary/aromatic N) is 2. The van der Waals surface area contributed by atoms with Gasteiger partial charge in [0, 0.05) is 25.3 Å². The van der Waals surface area contributed by atoms with E-state index in [4.69, 9.17) is 10.5 Å². The first kappa shape index (κ1) is 14.8. The average Bonchev–Trinajstić information content (AvgIpc) is 2.43. The third kappa shape index (κ3) is 3.69. The Bertz CT molecular complexity index is 449. The predicted molar refractivity (Wildman–Crippen MR) is 78.2 cm³/mol. The van der Waals surface area contributed by atoms with Crippen LogP contribution in [0.15, 0.2) is 24.3 Å². The Morgan fingerprint density at radius 3 is 2.70 bits per heavy atom. The summed E-state index contributed by atoms with van der Waals surface area (Å²) in [5.41, 5.74) is 10.8. The second-order valence-corrected chi connectivity index (χ2v) is 4.93. The van der Waals surface area contributed by atoms with E-state index in [1.807, 2.05) is 17.1 Å². The normalized spacial score (nSPS) is 20.6. The molecule has 1 saturated heterocycles. The molecule has 1 atom stereocenters. The van der Waals surface area contributed by atoms with Gasteiger partial charge in [0.25, 0.3) is 0 Å². The van der Waals surface area contributed by atoms with Gasteiger partial charge in [-0.15, -0.1) is 0 Å². The molecule has 1 aliphatic heterocycles. The lowest BCUT2D eigenvalue weighted by molar-refractivity contribution is 0.0526. The summed E-state index contributed by atoms with van der Waals surface area (Å²) >= 11 is 0. The molecule has 20 heavy (non-hydrogen) atoms. The number of rotatable bonds is 4. The molecule has 1 aromatic carbocycles. The van der Waals surface area contributed by atoms with Gasteiger partial charge >= 0.3 is 5.97 Å². The molecule has 1 heterocycles. The van der Waals surface area contributed by atoms with Crippen molar-refractivity contribution in [1.82, 2.24) is 9.91 Å². The van der Waals surface area contributed by atoms with E-state index in [0.717, 1.165) is 25.3 Å². The van der Waals surface area contributed by atoms with Crippen LogP contribution in [0.2, 0.25) is 0 Å². The van der Waals surface area contributed by atoms with Gasteiger partial charge in [0.2, 0.25) is 0 Å². The molecule has 0 amide bonds. The van der Waals surface area contributed by atoms with Crippen molar-refractivity contribution in [2.24, 2.45) is 5.73 Å². The number of benzene rings is 1. The lowest BCUT2D eigenvalue weighted by atomic mass is 10.2. The number of piperazine rings is 1.